The number of hydrogen-bond donors (Lipinski definition) is 1. The molecule has 0 bridgehead atoms. The molecule has 0 radical (unpaired) electrons. The Hall–Kier alpha value is -2.46. The number of rotatable bonds is 2. The number of carbonyl (C=O) groups is 1. The van der Waals surface area contributed by atoms with E-state index in [4.69, 9.17) is 4.74 Å². The van der Waals surface area contributed by atoms with Crippen LogP contribution in [0.25, 0.3) is 0 Å². The van der Waals surface area contributed by atoms with E-state index in [9.17, 15) is 13.2 Å². The lowest BCUT2D eigenvalue weighted by molar-refractivity contribution is -0.122. The lowest BCUT2D eigenvalue weighted by Gasteiger charge is -2.27. The number of hydrogen-bond acceptors (Lipinski definition) is 6. The van der Waals surface area contributed by atoms with Gasteiger partial charge in [0.15, 0.2) is 6.10 Å². The maximum absolute atomic E-state index is 12.9. The zero-order valence-corrected chi connectivity index (χ0v) is 13.7. The van der Waals surface area contributed by atoms with E-state index in [2.05, 4.69) is 15.5 Å². The third-order valence-electron chi connectivity index (χ3n) is 4.12. The van der Waals surface area contributed by atoms with Crippen LogP contribution < -0.4 is 10.1 Å². The van der Waals surface area contributed by atoms with Gasteiger partial charge in [0.2, 0.25) is 10.0 Å². The second kappa shape index (κ2) is 5.28. The van der Waals surface area contributed by atoms with Crippen molar-refractivity contribution in [2.45, 2.75) is 31.0 Å². The summed E-state index contributed by atoms with van der Waals surface area (Å²) in [7, 11) is -3.70. The Morgan fingerprint density at radius 2 is 2.17 bits per heavy atom. The third kappa shape index (κ3) is 2.34. The molecular weight excluding hydrogens is 334 g/mol. The minimum atomic E-state index is -3.70. The van der Waals surface area contributed by atoms with Crippen molar-refractivity contribution in [1.82, 2.24) is 19.1 Å². The van der Waals surface area contributed by atoms with Crippen LogP contribution in [0, 0.1) is 0 Å². The fraction of sp³-hybridized carbons (Fsp3) is 0.357. The van der Waals surface area contributed by atoms with Gasteiger partial charge in [-0.25, -0.2) is 8.42 Å². The summed E-state index contributed by atoms with van der Waals surface area (Å²) >= 11 is 0. The number of nitrogens with one attached hydrogen (secondary N) is 1. The van der Waals surface area contributed by atoms with Gasteiger partial charge in [-0.15, -0.1) is 10.2 Å². The molecule has 3 heterocycles. The van der Waals surface area contributed by atoms with Gasteiger partial charge in [0, 0.05) is 13.1 Å². The highest BCUT2D eigenvalue weighted by molar-refractivity contribution is 7.89. The Kier molecular flexibility index (Phi) is 3.32. The summed E-state index contributed by atoms with van der Waals surface area (Å²) in [5.41, 5.74) is 0.361. The number of benzene rings is 1. The molecule has 0 fully saturated rings. The Bertz CT molecular complexity index is 923. The number of sulfonamides is 1. The highest BCUT2D eigenvalue weighted by atomic mass is 32.2. The number of anilines is 1. The fourth-order valence-corrected chi connectivity index (χ4v) is 4.16. The topological polar surface area (TPSA) is 106 Å². The molecule has 1 N–H and O–H groups in total. The number of fused-ring (bicyclic) bond motifs is 2. The van der Waals surface area contributed by atoms with Crippen LogP contribution >= 0.6 is 0 Å². The average Bonchev–Trinajstić information content (AvgIpc) is 3.03. The van der Waals surface area contributed by atoms with Gasteiger partial charge in [0.05, 0.1) is 17.1 Å². The number of nitrogens with zero attached hydrogens (tertiary/aromatic N) is 4. The molecule has 1 atom stereocenters. The first kappa shape index (κ1) is 15.1. The van der Waals surface area contributed by atoms with Crippen LogP contribution in [0.4, 0.5) is 5.69 Å². The molecule has 0 saturated heterocycles. The van der Waals surface area contributed by atoms with Gasteiger partial charge >= 0.3 is 0 Å². The smallest absolute Gasteiger partial charge is 0.265 e. The Labute approximate surface area is 138 Å². The van der Waals surface area contributed by atoms with Gasteiger partial charge in [-0.3, -0.25) is 4.79 Å². The molecule has 2 aliphatic rings. The molecule has 126 valence electrons. The molecule has 4 rings (SSSR count). The van der Waals surface area contributed by atoms with Gasteiger partial charge in [0.1, 0.15) is 17.9 Å². The van der Waals surface area contributed by atoms with Crippen molar-refractivity contribution < 1.29 is 17.9 Å². The van der Waals surface area contributed by atoms with Crippen molar-refractivity contribution in [3.05, 3.63) is 30.4 Å². The summed E-state index contributed by atoms with van der Waals surface area (Å²) in [6, 6.07) is 4.47. The van der Waals surface area contributed by atoms with E-state index >= 15 is 0 Å². The molecule has 0 spiro atoms. The fourth-order valence-electron chi connectivity index (χ4n) is 2.75. The quantitative estimate of drug-likeness (QED) is 0.830. The van der Waals surface area contributed by atoms with Gasteiger partial charge < -0.3 is 14.6 Å². The molecule has 10 heteroatoms. The van der Waals surface area contributed by atoms with Crippen LogP contribution in [-0.4, -0.2) is 46.0 Å². The molecule has 1 amide bonds. The number of carbonyl (C=O) groups excluding carboxylic acids is 1. The first-order valence-electron chi connectivity index (χ1n) is 7.43. The molecule has 1 aromatic heterocycles. The predicted molar refractivity (Wildman–Crippen MR) is 82.8 cm³/mol. The van der Waals surface area contributed by atoms with Crippen molar-refractivity contribution >= 4 is 21.6 Å². The lowest BCUT2D eigenvalue weighted by Crippen LogP contribution is -2.38. The minimum absolute atomic E-state index is 0.104. The predicted octanol–water partition coefficient (Wildman–Crippen LogP) is 0.202. The third-order valence-corrected chi connectivity index (χ3v) is 5.96. The van der Waals surface area contributed by atoms with E-state index in [0.717, 1.165) is 0 Å². The molecule has 2 aliphatic heterocycles. The van der Waals surface area contributed by atoms with Crippen LogP contribution in [0.3, 0.4) is 0 Å². The minimum Gasteiger partial charge on any atom is -0.479 e. The SMILES string of the molecule is C[C@H]1Oc2ccc(S(=O)(=O)N3CCn4cnnc4C3)cc2NC1=O. The largest absolute Gasteiger partial charge is 0.479 e. The summed E-state index contributed by atoms with van der Waals surface area (Å²) in [4.78, 5) is 11.8. The summed E-state index contributed by atoms with van der Waals surface area (Å²) < 4.78 is 34.4. The Morgan fingerprint density at radius 1 is 1.33 bits per heavy atom. The Morgan fingerprint density at radius 3 is 3.00 bits per heavy atom. The number of amides is 1. The zero-order chi connectivity index (χ0) is 16.9. The Balaban J connectivity index is 1.66. The summed E-state index contributed by atoms with van der Waals surface area (Å²) in [5, 5.41) is 10.4. The normalized spacial score (nSPS) is 20.7. The molecule has 0 unspecified atom stereocenters. The number of aromatic nitrogens is 3. The van der Waals surface area contributed by atoms with Crippen LogP contribution in [0.1, 0.15) is 12.7 Å². The molecule has 2 aromatic rings. The molecule has 1 aromatic carbocycles. The van der Waals surface area contributed by atoms with Crippen molar-refractivity contribution in [1.29, 1.82) is 0 Å². The van der Waals surface area contributed by atoms with E-state index in [1.807, 2.05) is 4.57 Å². The summed E-state index contributed by atoms with van der Waals surface area (Å²) in [5.74, 6) is 0.760. The van der Waals surface area contributed by atoms with Crippen LogP contribution in [-0.2, 0) is 27.9 Å². The number of ether oxygens (including phenoxy) is 1. The molecule has 0 saturated carbocycles. The van der Waals surface area contributed by atoms with Crippen molar-refractivity contribution in [3.8, 4) is 5.75 Å². The summed E-state index contributed by atoms with van der Waals surface area (Å²) in [6.07, 6.45) is 0.986. The molecular formula is C14H15N5O4S. The highest BCUT2D eigenvalue weighted by Crippen LogP contribution is 2.33. The maximum Gasteiger partial charge on any atom is 0.265 e. The van der Waals surface area contributed by atoms with Crippen molar-refractivity contribution in [2.75, 3.05) is 11.9 Å². The van der Waals surface area contributed by atoms with Gasteiger partial charge in [0.25, 0.3) is 5.91 Å². The highest BCUT2D eigenvalue weighted by Gasteiger charge is 2.31. The molecule has 0 aliphatic carbocycles. The molecule has 24 heavy (non-hydrogen) atoms. The van der Waals surface area contributed by atoms with E-state index in [1.54, 1.807) is 19.3 Å². The van der Waals surface area contributed by atoms with Crippen molar-refractivity contribution in [2.24, 2.45) is 0 Å². The monoisotopic (exact) mass is 349 g/mol. The van der Waals surface area contributed by atoms with E-state index < -0.39 is 16.1 Å². The van der Waals surface area contributed by atoms with Crippen LogP contribution in [0.15, 0.2) is 29.4 Å². The average molecular weight is 349 g/mol. The zero-order valence-electron chi connectivity index (χ0n) is 12.8. The lowest BCUT2D eigenvalue weighted by atomic mass is 10.2. The second-order valence-corrected chi connectivity index (χ2v) is 7.62. The van der Waals surface area contributed by atoms with Gasteiger partial charge in [-0.05, 0) is 25.1 Å². The van der Waals surface area contributed by atoms with E-state index in [0.29, 0.717) is 30.4 Å². The van der Waals surface area contributed by atoms with Crippen LogP contribution in [0.2, 0.25) is 0 Å². The summed E-state index contributed by atoms with van der Waals surface area (Å²) in [6.45, 7) is 2.64. The first-order valence-corrected chi connectivity index (χ1v) is 8.87. The van der Waals surface area contributed by atoms with Crippen LogP contribution in [0.5, 0.6) is 5.75 Å². The van der Waals surface area contributed by atoms with E-state index in [-0.39, 0.29) is 17.3 Å². The first-order chi connectivity index (χ1) is 11.4. The van der Waals surface area contributed by atoms with E-state index in [1.165, 1.54) is 16.4 Å². The van der Waals surface area contributed by atoms with Crippen molar-refractivity contribution in [3.63, 3.8) is 0 Å². The van der Waals surface area contributed by atoms with Gasteiger partial charge in [-0.1, -0.05) is 0 Å². The van der Waals surface area contributed by atoms with Gasteiger partial charge in [-0.2, -0.15) is 4.31 Å². The maximum atomic E-state index is 12.9. The standard InChI is InChI=1S/C14H15N5O4S/c1-9-14(20)16-11-6-10(2-3-12(11)23-9)24(21,22)19-5-4-18-8-15-17-13(18)7-19/h2-3,6,8-9H,4-5,7H2,1H3,(H,16,20)/t9-/m1/s1. The second-order valence-electron chi connectivity index (χ2n) is 5.69. The molecule has 9 nitrogen and oxygen atoms in total.